The molecule has 0 aliphatic carbocycles. The van der Waals surface area contributed by atoms with Crippen LogP contribution in [0.2, 0.25) is 10.2 Å². The number of hydrogen-bond acceptors (Lipinski definition) is 2. The van der Waals surface area contributed by atoms with E-state index >= 15 is 0 Å². The van der Waals surface area contributed by atoms with Crippen LogP contribution in [0.3, 0.4) is 0 Å². The van der Waals surface area contributed by atoms with E-state index in [9.17, 15) is 4.39 Å². The van der Waals surface area contributed by atoms with E-state index in [1.807, 2.05) is 48.5 Å². The fourth-order valence-corrected chi connectivity index (χ4v) is 3.84. The fourth-order valence-electron chi connectivity index (χ4n) is 3.36. The number of benzene rings is 3. The van der Waals surface area contributed by atoms with Gasteiger partial charge in [0.15, 0.2) is 5.15 Å². The van der Waals surface area contributed by atoms with Gasteiger partial charge in [0.2, 0.25) is 0 Å². The first-order valence-corrected chi connectivity index (χ1v) is 9.36. The Morgan fingerprint density at radius 1 is 0.821 bits per heavy atom. The predicted molar refractivity (Wildman–Crippen MR) is 112 cm³/mol. The van der Waals surface area contributed by atoms with Crippen molar-refractivity contribution in [1.29, 1.82) is 0 Å². The zero-order valence-corrected chi connectivity index (χ0v) is 15.9. The Kier molecular flexibility index (Phi) is 4.04. The van der Waals surface area contributed by atoms with Crippen molar-refractivity contribution in [2.24, 2.45) is 0 Å². The number of nitrogens with zero attached hydrogens (tertiary/aromatic N) is 2. The van der Waals surface area contributed by atoms with Crippen LogP contribution in [0.1, 0.15) is 0 Å². The molecular formula is C22H12Cl2FN3. The SMILES string of the molecule is Fc1cccc(Cl)c1-c1nc2c([nH]1)c(Cl)nc1cc(-c3ccccc3)ccc12. The molecule has 5 rings (SSSR count). The molecule has 6 heteroatoms. The third-order valence-electron chi connectivity index (χ3n) is 4.69. The van der Waals surface area contributed by atoms with Gasteiger partial charge < -0.3 is 4.98 Å². The Morgan fingerprint density at radius 2 is 1.64 bits per heavy atom. The zero-order valence-electron chi connectivity index (χ0n) is 14.4. The van der Waals surface area contributed by atoms with Crippen molar-refractivity contribution in [1.82, 2.24) is 15.0 Å². The van der Waals surface area contributed by atoms with E-state index in [0.717, 1.165) is 22.0 Å². The second-order valence-electron chi connectivity index (χ2n) is 6.41. The highest BCUT2D eigenvalue weighted by molar-refractivity contribution is 6.35. The van der Waals surface area contributed by atoms with Gasteiger partial charge in [0.25, 0.3) is 0 Å². The van der Waals surface area contributed by atoms with Gasteiger partial charge >= 0.3 is 0 Å². The molecule has 0 aliphatic rings. The quantitative estimate of drug-likeness (QED) is 0.323. The van der Waals surface area contributed by atoms with Crippen LogP contribution < -0.4 is 0 Å². The monoisotopic (exact) mass is 407 g/mol. The minimum Gasteiger partial charge on any atom is -0.335 e. The number of hydrogen-bond donors (Lipinski definition) is 1. The normalized spacial score (nSPS) is 11.4. The van der Waals surface area contributed by atoms with Crippen molar-refractivity contribution in [2.45, 2.75) is 0 Å². The molecule has 0 saturated heterocycles. The zero-order chi connectivity index (χ0) is 19.3. The molecule has 0 fully saturated rings. The Hall–Kier alpha value is -2.95. The molecular weight excluding hydrogens is 396 g/mol. The topological polar surface area (TPSA) is 41.6 Å². The van der Waals surface area contributed by atoms with Crippen LogP contribution in [0.15, 0.2) is 66.7 Å². The first-order valence-electron chi connectivity index (χ1n) is 8.60. The van der Waals surface area contributed by atoms with E-state index < -0.39 is 5.82 Å². The summed E-state index contributed by atoms with van der Waals surface area (Å²) < 4.78 is 14.3. The highest BCUT2D eigenvalue weighted by Gasteiger charge is 2.18. The minimum atomic E-state index is -0.452. The van der Waals surface area contributed by atoms with Crippen LogP contribution in [-0.4, -0.2) is 15.0 Å². The first-order chi connectivity index (χ1) is 13.6. The smallest absolute Gasteiger partial charge is 0.155 e. The summed E-state index contributed by atoms with van der Waals surface area (Å²) in [5.41, 5.74) is 4.23. The molecule has 5 aromatic rings. The lowest BCUT2D eigenvalue weighted by Gasteiger charge is -2.05. The van der Waals surface area contributed by atoms with Crippen LogP contribution in [-0.2, 0) is 0 Å². The third-order valence-corrected chi connectivity index (χ3v) is 5.28. The maximum absolute atomic E-state index is 14.3. The third kappa shape index (κ3) is 2.73. The van der Waals surface area contributed by atoms with Crippen LogP contribution in [0.25, 0.3) is 44.5 Å². The van der Waals surface area contributed by atoms with E-state index in [1.54, 1.807) is 12.1 Å². The Morgan fingerprint density at radius 3 is 2.43 bits per heavy atom. The van der Waals surface area contributed by atoms with Crippen LogP contribution in [0, 0.1) is 5.82 Å². The average molecular weight is 408 g/mol. The minimum absolute atomic E-state index is 0.213. The number of rotatable bonds is 2. The number of nitrogens with one attached hydrogen (secondary N) is 1. The number of imidazole rings is 1. The number of halogens is 3. The molecule has 0 unspecified atom stereocenters. The van der Waals surface area contributed by atoms with Crippen molar-refractivity contribution in [2.75, 3.05) is 0 Å². The molecule has 0 spiro atoms. The number of H-pyrrole nitrogens is 1. The second-order valence-corrected chi connectivity index (χ2v) is 7.17. The molecule has 1 N–H and O–H groups in total. The van der Waals surface area contributed by atoms with Gasteiger partial charge in [-0.05, 0) is 35.4 Å². The highest BCUT2D eigenvalue weighted by Crippen LogP contribution is 2.35. The summed E-state index contributed by atoms with van der Waals surface area (Å²) in [6, 6.07) is 20.5. The van der Waals surface area contributed by atoms with E-state index in [2.05, 4.69) is 15.0 Å². The number of pyridine rings is 1. The van der Waals surface area contributed by atoms with Crippen LogP contribution >= 0.6 is 23.2 Å². The Bertz CT molecular complexity index is 1330. The molecule has 2 aromatic heterocycles. The second kappa shape index (κ2) is 6.59. The van der Waals surface area contributed by atoms with E-state index in [4.69, 9.17) is 23.2 Å². The molecule has 0 aliphatic heterocycles. The van der Waals surface area contributed by atoms with E-state index in [0.29, 0.717) is 16.9 Å². The van der Waals surface area contributed by atoms with Gasteiger partial charge in [-0.1, -0.05) is 65.7 Å². The molecule has 0 radical (unpaired) electrons. The molecule has 136 valence electrons. The largest absolute Gasteiger partial charge is 0.335 e. The van der Waals surface area contributed by atoms with Crippen molar-refractivity contribution in [3.63, 3.8) is 0 Å². The fraction of sp³-hybridized carbons (Fsp3) is 0. The average Bonchev–Trinajstić information content (AvgIpc) is 3.14. The maximum Gasteiger partial charge on any atom is 0.155 e. The van der Waals surface area contributed by atoms with E-state index in [-0.39, 0.29) is 15.7 Å². The summed E-state index contributed by atoms with van der Waals surface area (Å²) in [6.45, 7) is 0. The van der Waals surface area contributed by atoms with Gasteiger partial charge in [0, 0.05) is 5.39 Å². The van der Waals surface area contributed by atoms with Gasteiger partial charge in [0.05, 0.1) is 16.1 Å². The maximum atomic E-state index is 14.3. The van der Waals surface area contributed by atoms with Crippen molar-refractivity contribution in [3.8, 4) is 22.5 Å². The van der Waals surface area contributed by atoms with Crippen molar-refractivity contribution < 1.29 is 4.39 Å². The standard InChI is InChI=1S/C22H12Cl2FN3/c23-15-7-4-8-16(25)18(15)22-27-19-14-10-9-13(12-5-2-1-3-6-12)11-17(14)26-21(24)20(19)28-22/h1-11H,(H,27,28). The van der Waals surface area contributed by atoms with Gasteiger partial charge in [0.1, 0.15) is 22.7 Å². The Balaban J connectivity index is 1.75. The first kappa shape index (κ1) is 17.2. The van der Waals surface area contributed by atoms with Crippen molar-refractivity contribution >= 4 is 45.1 Å². The van der Waals surface area contributed by atoms with Gasteiger partial charge in [-0.2, -0.15) is 0 Å². The van der Waals surface area contributed by atoms with Gasteiger partial charge in [-0.25, -0.2) is 14.4 Å². The molecule has 0 amide bonds. The molecule has 3 aromatic carbocycles. The number of fused-ring (bicyclic) bond motifs is 3. The lowest BCUT2D eigenvalue weighted by Crippen LogP contribution is -1.87. The summed E-state index contributed by atoms with van der Waals surface area (Å²) in [6.07, 6.45) is 0. The van der Waals surface area contributed by atoms with E-state index in [1.165, 1.54) is 6.07 Å². The highest BCUT2D eigenvalue weighted by atomic mass is 35.5. The lowest BCUT2D eigenvalue weighted by atomic mass is 10.0. The summed E-state index contributed by atoms with van der Waals surface area (Å²) in [7, 11) is 0. The lowest BCUT2D eigenvalue weighted by molar-refractivity contribution is 0.630. The molecule has 3 nitrogen and oxygen atoms in total. The predicted octanol–water partition coefficient (Wildman–Crippen LogP) is 6.89. The van der Waals surface area contributed by atoms with Gasteiger partial charge in [-0.3, -0.25) is 0 Å². The van der Waals surface area contributed by atoms with Crippen molar-refractivity contribution in [3.05, 3.63) is 82.7 Å². The molecule has 0 saturated carbocycles. The summed E-state index contributed by atoms with van der Waals surface area (Å²) >= 11 is 12.6. The molecule has 0 atom stereocenters. The molecule has 0 bridgehead atoms. The Labute approximate surface area is 169 Å². The molecule has 28 heavy (non-hydrogen) atoms. The number of aromatic amines is 1. The number of aromatic nitrogens is 3. The molecule has 2 heterocycles. The van der Waals surface area contributed by atoms with Gasteiger partial charge in [-0.15, -0.1) is 0 Å². The van der Waals surface area contributed by atoms with Crippen LogP contribution in [0.4, 0.5) is 4.39 Å². The summed E-state index contributed by atoms with van der Waals surface area (Å²) in [5, 5.41) is 1.38. The van der Waals surface area contributed by atoms with Crippen LogP contribution in [0.5, 0.6) is 0 Å². The summed E-state index contributed by atoms with van der Waals surface area (Å²) in [4.78, 5) is 12.2. The summed E-state index contributed by atoms with van der Waals surface area (Å²) in [5.74, 6) is -0.132.